The number of nitrogens with two attached hydrogens (primary N) is 1. The first-order chi connectivity index (χ1) is 7.72. The molecule has 0 radical (unpaired) electrons. The lowest BCUT2D eigenvalue weighted by Gasteiger charge is -2.26. The molecule has 0 unspecified atom stereocenters. The molecular formula is C11H14N2O3. The van der Waals surface area contributed by atoms with Crippen LogP contribution < -0.4 is 15.4 Å². The fourth-order valence-electron chi connectivity index (χ4n) is 1.68. The number of carbonyl (C=O) groups is 1. The number of carbonyl (C=O) groups excluding carboxylic acids is 1. The molecule has 1 fully saturated rings. The number of methoxy groups -OCH3 is 1. The van der Waals surface area contributed by atoms with Crippen LogP contribution in [0.5, 0.6) is 5.75 Å². The van der Waals surface area contributed by atoms with Crippen molar-refractivity contribution in [1.29, 1.82) is 0 Å². The first-order valence-corrected chi connectivity index (χ1v) is 5.10. The Morgan fingerprint density at radius 2 is 2.31 bits per heavy atom. The highest BCUT2D eigenvalue weighted by molar-refractivity contribution is 5.89. The SMILES string of the molecule is COc1ccc(N2CCCOC2=O)cc1N. The Bertz CT molecular complexity index is 406. The Morgan fingerprint density at radius 1 is 1.50 bits per heavy atom. The van der Waals surface area contributed by atoms with Crippen molar-refractivity contribution in [3.8, 4) is 5.75 Å². The van der Waals surface area contributed by atoms with E-state index in [1.54, 1.807) is 30.2 Å². The zero-order chi connectivity index (χ0) is 11.5. The molecule has 1 heterocycles. The minimum Gasteiger partial charge on any atom is -0.495 e. The number of benzene rings is 1. The summed E-state index contributed by atoms with van der Waals surface area (Å²) in [7, 11) is 1.56. The predicted octanol–water partition coefficient (Wildman–Crippen LogP) is 1.62. The van der Waals surface area contributed by atoms with Crippen LogP contribution in [0.3, 0.4) is 0 Å². The van der Waals surface area contributed by atoms with Gasteiger partial charge in [0.1, 0.15) is 5.75 Å². The number of hydrogen-bond acceptors (Lipinski definition) is 4. The number of amides is 1. The first kappa shape index (κ1) is 10.6. The quantitative estimate of drug-likeness (QED) is 0.772. The van der Waals surface area contributed by atoms with E-state index in [9.17, 15) is 4.79 Å². The van der Waals surface area contributed by atoms with Gasteiger partial charge < -0.3 is 15.2 Å². The molecule has 86 valence electrons. The van der Waals surface area contributed by atoms with E-state index < -0.39 is 0 Å². The number of nitrogen functional groups attached to an aromatic ring is 1. The molecule has 5 nitrogen and oxygen atoms in total. The van der Waals surface area contributed by atoms with Crippen molar-refractivity contribution in [3.63, 3.8) is 0 Å². The lowest BCUT2D eigenvalue weighted by molar-refractivity contribution is 0.140. The number of nitrogens with zero attached hydrogens (tertiary/aromatic N) is 1. The van der Waals surface area contributed by atoms with Gasteiger partial charge >= 0.3 is 6.09 Å². The summed E-state index contributed by atoms with van der Waals surface area (Å²) in [5.74, 6) is 0.606. The molecule has 0 bridgehead atoms. The van der Waals surface area contributed by atoms with E-state index in [4.69, 9.17) is 15.2 Å². The predicted molar refractivity (Wildman–Crippen MR) is 60.7 cm³/mol. The van der Waals surface area contributed by atoms with Gasteiger partial charge in [-0.05, 0) is 24.6 Å². The fourth-order valence-corrected chi connectivity index (χ4v) is 1.68. The van der Waals surface area contributed by atoms with E-state index in [2.05, 4.69) is 0 Å². The van der Waals surface area contributed by atoms with E-state index in [1.807, 2.05) is 0 Å². The number of rotatable bonds is 2. The molecule has 0 saturated carbocycles. The van der Waals surface area contributed by atoms with Gasteiger partial charge in [0.2, 0.25) is 0 Å². The summed E-state index contributed by atoms with van der Waals surface area (Å²) in [4.78, 5) is 13.1. The second kappa shape index (κ2) is 4.30. The molecule has 1 amide bonds. The van der Waals surface area contributed by atoms with Gasteiger partial charge in [-0.3, -0.25) is 4.90 Å². The topological polar surface area (TPSA) is 64.8 Å². The highest BCUT2D eigenvalue weighted by Crippen LogP contribution is 2.28. The van der Waals surface area contributed by atoms with Crippen molar-refractivity contribution in [1.82, 2.24) is 0 Å². The Labute approximate surface area is 93.7 Å². The van der Waals surface area contributed by atoms with Crippen molar-refractivity contribution in [2.24, 2.45) is 0 Å². The van der Waals surface area contributed by atoms with Crippen molar-refractivity contribution in [2.75, 3.05) is 30.9 Å². The highest BCUT2D eigenvalue weighted by Gasteiger charge is 2.21. The molecule has 1 aliphatic rings. The summed E-state index contributed by atoms with van der Waals surface area (Å²) in [6.07, 6.45) is 0.508. The molecule has 0 spiro atoms. The molecular weight excluding hydrogens is 208 g/mol. The van der Waals surface area contributed by atoms with E-state index in [-0.39, 0.29) is 6.09 Å². The summed E-state index contributed by atoms with van der Waals surface area (Å²) in [6.45, 7) is 1.14. The average Bonchev–Trinajstić information content (AvgIpc) is 2.29. The number of cyclic esters (lactones) is 1. The Hall–Kier alpha value is -1.91. The van der Waals surface area contributed by atoms with Crippen LogP contribution in [0, 0.1) is 0 Å². The van der Waals surface area contributed by atoms with Gasteiger partial charge in [-0.25, -0.2) is 4.79 Å². The number of anilines is 2. The molecule has 1 aromatic carbocycles. The van der Waals surface area contributed by atoms with Crippen molar-refractivity contribution in [2.45, 2.75) is 6.42 Å². The Kier molecular flexibility index (Phi) is 2.85. The molecule has 0 atom stereocenters. The van der Waals surface area contributed by atoms with E-state index in [1.165, 1.54) is 0 Å². The third-order valence-corrected chi connectivity index (χ3v) is 2.50. The smallest absolute Gasteiger partial charge is 0.414 e. The molecule has 5 heteroatoms. The Balaban J connectivity index is 2.26. The van der Waals surface area contributed by atoms with Crippen LogP contribution in [0.1, 0.15) is 6.42 Å². The number of hydrogen-bond donors (Lipinski definition) is 1. The van der Waals surface area contributed by atoms with E-state index in [0.29, 0.717) is 24.6 Å². The van der Waals surface area contributed by atoms with Gasteiger partial charge in [-0.2, -0.15) is 0 Å². The summed E-state index contributed by atoms with van der Waals surface area (Å²) in [5.41, 5.74) is 7.03. The molecule has 0 aromatic heterocycles. The maximum Gasteiger partial charge on any atom is 0.414 e. The second-order valence-corrected chi connectivity index (χ2v) is 3.55. The summed E-state index contributed by atoms with van der Waals surface area (Å²) in [6, 6.07) is 5.25. The zero-order valence-electron chi connectivity index (χ0n) is 9.10. The molecule has 2 N–H and O–H groups in total. The third-order valence-electron chi connectivity index (χ3n) is 2.50. The maximum absolute atomic E-state index is 11.5. The molecule has 2 rings (SSSR count). The molecule has 16 heavy (non-hydrogen) atoms. The third kappa shape index (κ3) is 1.88. The minimum absolute atomic E-state index is 0.323. The molecule has 0 aliphatic carbocycles. The van der Waals surface area contributed by atoms with Gasteiger partial charge in [0, 0.05) is 12.2 Å². The zero-order valence-corrected chi connectivity index (χ0v) is 9.10. The van der Waals surface area contributed by atoms with Crippen LogP contribution >= 0.6 is 0 Å². The van der Waals surface area contributed by atoms with Gasteiger partial charge in [0.25, 0.3) is 0 Å². The number of ether oxygens (including phenoxy) is 2. The van der Waals surface area contributed by atoms with E-state index in [0.717, 1.165) is 12.1 Å². The van der Waals surface area contributed by atoms with Crippen LogP contribution in [0.25, 0.3) is 0 Å². The highest BCUT2D eigenvalue weighted by atomic mass is 16.6. The lowest BCUT2D eigenvalue weighted by Crippen LogP contribution is -2.37. The van der Waals surface area contributed by atoms with Crippen LogP contribution in [0.4, 0.5) is 16.2 Å². The van der Waals surface area contributed by atoms with E-state index >= 15 is 0 Å². The molecule has 1 aromatic rings. The maximum atomic E-state index is 11.5. The summed E-state index contributed by atoms with van der Waals surface area (Å²) in [5, 5.41) is 0. The van der Waals surface area contributed by atoms with Crippen LogP contribution in [-0.2, 0) is 4.74 Å². The summed E-state index contributed by atoms with van der Waals surface area (Å²) < 4.78 is 10.0. The van der Waals surface area contributed by atoms with Crippen LogP contribution in [0.2, 0.25) is 0 Å². The second-order valence-electron chi connectivity index (χ2n) is 3.55. The largest absolute Gasteiger partial charge is 0.495 e. The molecule has 1 aliphatic heterocycles. The van der Waals surface area contributed by atoms with Crippen molar-refractivity contribution >= 4 is 17.5 Å². The summed E-state index contributed by atoms with van der Waals surface area (Å²) >= 11 is 0. The van der Waals surface area contributed by atoms with Crippen molar-refractivity contribution < 1.29 is 14.3 Å². The molecule has 1 saturated heterocycles. The first-order valence-electron chi connectivity index (χ1n) is 5.10. The standard InChI is InChI=1S/C11H14N2O3/c1-15-10-4-3-8(7-9(10)12)13-5-2-6-16-11(13)14/h3-4,7H,2,5-6,12H2,1H3. The monoisotopic (exact) mass is 222 g/mol. The Morgan fingerprint density at radius 3 is 2.94 bits per heavy atom. The van der Waals surface area contributed by atoms with Gasteiger partial charge in [-0.15, -0.1) is 0 Å². The van der Waals surface area contributed by atoms with Crippen molar-refractivity contribution in [3.05, 3.63) is 18.2 Å². The normalized spacial score (nSPS) is 15.8. The minimum atomic E-state index is -0.323. The fraction of sp³-hybridized carbons (Fsp3) is 0.364. The van der Waals surface area contributed by atoms with Gasteiger partial charge in [0.15, 0.2) is 0 Å². The van der Waals surface area contributed by atoms with Gasteiger partial charge in [0.05, 0.1) is 19.4 Å². The lowest BCUT2D eigenvalue weighted by atomic mass is 10.2. The average molecular weight is 222 g/mol. The van der Waals surface area contributed by atoms with Crippen LogP contribution in [-0.4, -0.2) is 26.4 Å². The van der Waals surface area contributed by atoms with Crippen LogP contribution in [0.15, 0.2) is 18.2 Å². The van der Waals surface area contributed by atoms with Gasteiger partial charge in [-0.1, -0.05) is 0 Å².